The minimum Gasteiger partial charge on any atom is -0.427 e. The number of thioether (sulfide) groups is 1. The summed E-state index contributed by atoms with van der Waals surface area (Å²) >= 11 is 7.31. The van der Waals surface area contributed by atoms with Crippen molar-refractivity contribution in [3.8, 4) is 0 Å². The molecule has 3 atom stereocenters. The molecule has 24 heavy (non-hydrogen) atoms. The van der Waals surface area contributed by atoms with Crippen LogP contribution in [-0.2, 0) is 19.1 Å². The third-order valence-corrected chi connectivity index (χ3v) is 6.50. The molecule has 0 spiro atoms. The van der Waals surface area contributed by atoms with Crippen LogP contribution in [0.3, 0.4) is 0 Å². The van der Waals surface area contributed by atoms with E-state index >= 15 is 0 Å². The molecule has 0 aliphatic carbocycles. The van der Waals surface area contributed by atoms with Crippen molar-refractivity contribution in [1.29, 1.82) is 0 Å². The summed E-state index contributed by atoms with van der Waals surface area (Å²) in [5, 5.41) is 0.224. The van der Waals surface area contributed by atoms with Gasteiger partial charge >= 0.3 is 11.9 Å². The monoisotopic (exact) mass is 373 g/mol. The summed E-state index contributed by atoms with van der Waals surface area (Å²) in [4.78, 5) is 27.2. The molecule has 2 fully saturated rings. The summed E-state index contributed by atoms with van der Waals surface area (Å²) in [5.41, 5.74) is -0.622. The lowest BCUT2D eigenvalue weighted by Gasteiger charge is -2.48. The first-order chi connectivity index (χ1) is 10.9. The van der Waals surface area contributed by atoms with Gasteiger partial charge in [0.2, 0.25) is 6.79 Å². The first-order valence-corrected chi connectivity index (χ1v) is 9.50. The SMILES string of the molecule is CC(C)[C@@H]1C(=S)N2[C@@H]1SC(C)(C)[C@@H]2C(=O)OCOC(=O)C(C)(C)C. The molecule has 0 aromatic heterocycles. The van der Waals surface area contributed by atoms with Gasteiger partial charge in [0.05, 0.1) is 15.8 Å². The van der Waals surface area contributed by atoms with Crippen LogP contribution in [0.4, 0.5) is 0 Å². The number of ether oxygens (including phenoxy) is 2. The molecule has 0 saturated carbocycles. The van der Waals surface area contributed by atoms with Crippen LogP contribution in [0.25, 0.3) is 0 Å². The number of nitrogens with zero attached hydrogens (tertiary/aromatic N) is 1. The molecule has 0 aromatic rings. The lowest BCUT2D eigenvalue weighted by Crippen LogP contribution is -2.63. The smallest absolute Gasteiger partial charge is 0.333 e. The van der Waals surface area contributed by atoms with E-state index in [1.54, 1.807) is 32.5 Å². The van der Waals surface area contributed by atoms with Crippen LogP contribution in [0.5, 0.6) is 0 Å². The summed E-state index contributed by atoms with van der Waals surface area (Å²) in [7, 11) is 0. The summed E-state index contributed by atoms with van der Waals surface area (Å²) in [6, 6.07) is -0.441. The first kappa shape index (κ1) is 19.5. The van der Waals surface area contributed by atoms with Crippen LogP contribution in [-0.4, -0.2) is 44.8 Å². The Bertz CT molecular complexity index is 553. The molecule has 0 N–H and O–H groups in total. The fourth-order valence-corrected chi connectivity index (χ4v) is 5.75. The van der Waals surface area contributed by atoms with E-state index in [4.69, 9.17) is 21.7 Å². The highest BCUT2D eigenvalue weighted by Gasteiger charge is 2.62. The van der Waals surface area contributed by atoms with Crippen molar-refractivity contribution < 1.29 is 19.1 Å². The Kier molecular flexibility index (Phi) is 5.27. The van der Waals surface area contributed by atoms with Gasteiger partial charge in [0.25, 0.3) is 0 Å². The topological polar surface area (TPSA) is 55.8 Å². The van der Waals surface area contributed by atoms with Crippen LogP contribution in [0.1, 0.15) is 48.5 Å². The number of carbonyl (C=O) groups is 2. The van der Waals surface area contributed by atoms with E-state index in [-0.39, 0.29) is 22.9 Å². The molecule has 136 valence electrons. The summed E-state index contributed by atoms with van der Waals surface area (Å²) in [6.45, 7) is 13.3. The Morgan fingerprint density at radius 1 is 1.29 bits per heavy atom. The summed E-state index contributed by atoms with van der Waals surface area (Å²) in [5.74, 6) is -0.0146. The lowest BCUT2D eigenvalue weighted by molar-refractivity contribution is -0.176. The molecule has 0 radical (unpaired) electrons. The zero-order valence-corrected chi connectivity index (χ0v) is 17.0. The summed E-state index contributed by atoms with van der Waals surface area (Å²) in [6.07, 6.45) is 0. The molecule has 0 bridgehead atoms. The molecule has 0 unspecified atom stereocenters. The van der Waals surface area contributed by atoms with E-state index in [0.717, 1.165) is 4.99 Å². The quantitative estimate of drug-likeness (QED) is 0.426. The molecule has 7 heteroatoms. The van der Waals surface area contributed by atoms with Gasteiger partial charge in [0, 0.05) is 10.7 Å². The van der Waals surface area contributed by atoms with Gasteiger partial charge in [-0.25, -0.2) is 4.79 Å². The number of hydrogen-bond donors (Lipinski definition) is 0. The van der Waals surface area contributed by atoms with E-state index in [1.165, 1.54) is 0 Å². The van der Waals surface area contributed by atoms with Crippen LogP contribution in [0.2, 0.25) is 0 Å². The van der Waals surface area contributed by atoms with Crippen molar-refractivity contribution >= 4 is 40.9 Å². The molecule has 0 amide bonds. The Balaban J connectivity index is 1.99. The van der Waals surface area contributed by atoms with Crippen LogP contribution in [0.15, 0.2) is 0 Å². The second kappa shape index (κ2) is 6.48. The highest BCUT2D eigenvalue weighted by atomic mass is 32.2. The Morgan fingerprint density at radius 2 is 1.88 bits per heavy atom. The molecule has 2 aliphatic rings. The van der Waals surface area contributed by atoms with Crippen molar-refractivity contribution in [1.82, 2.24) is 4.90 Å². The second-order valence-corrected chi connectivity index (χ2v) is 10.5. The molecule has 0 aromatic carbocycles. The highest BCUT2D eigenvalue weighted by Crippen LogP contribution is 2.55. The predicted octanol–water partition coefficient (Wildman–Crippen LogP) is 3.21. The average Bonchev–Trinajstić information content (AvgIpc) is 2.64. The lowest BCUT2D eigenvalue weighted by atomic mass is 9.85. The maximum Gasteiger partial charge on any atom is 0.333 e. The van der Waals surface area contributed by atoms with Gasteiger partial charge in [-0.2, -0.15) is 0 Å². The van der Waals surface area contributed by atoms with Crippen molar-refractivity contribution in [2.24, 2.45) is 17.3 Å². The van der Waals surface area contributed by atoms with Gasteiger partial charge in [-0.05, 0) is 40.5 Å². The van der Waals surface area contributed by atoms with Crippen molar-refractivity contribution in [3.05, 3.63) is 0 Å². The maximum absolute atomic E-state index is 12.6. The molecule has 5 nitrogen and oxygen atoms in total. The standard InChI is InChI=1S/C17H27NO4S2/c1-9(2)10-12(23)18-11(17(6,7)24-13(10)18)14(19)21-8-22-15(20)16(3,4)5/h9-11,13H,8H2,1-7H3/t10-,11+,13-/m1/s1. The third kappa shape index (κ3) is 3.43. The number of carbonyl (C=O) groups excluding carboxylic acids is 2. The molecule has 2 heterocycles. The van der Waals surface area contributed by atoms with E-state index in [0.29, 0.717) is 11.8 Å². The molecule has 2 saturated heterocycles. The molecule has 2 rings (SSSR count). The van der Waals surface area contributed by atoms with Crippen LogP contribution < -0.4 is 0 Å². The number of rotatable bonds is 4. The fourth-order valence-electron chi connectivity index (χ4n) is 3.07. The number of thiocarbonyl (C=S) groups is 1. The van der Waals surface area contributed by atoms with Gasteiger partial charge in [-0.1, -0.05) is 26.1 Å². The Morgan fingerprint density at radius 3 is 2.38 bits per heavy atom. The zero-order chi connectivity index (χ0) is 18.4. The second-order valence-electron chi connectivity index (χ2n) is 8.29. The van der Waals surface area contributed by atoms with E-state index in [9.17, 15) is 9.59 Å². The maximum atomic E-state index is 12.6. The molecule has 2 aliphatic heterocycles. The van der Waals surface area contributed by atoms with Crippen molar-refractivity contribution in [3.63, 3.8) is 0 Å². The predicted molar refractivity (Wildman–Crippen MR) is 98.5 cm³/mol. The largest absolute Gasteiger partial charge is 0.427 e. The minimum atomic E-state index is -0.622. The molecular weight excluding hydrogens is 346 g/mol. The van der Waals surface area contributed by atoms with Gasteiger partial charge in [-0.15, -0.1) is 11.8 Å². The van der Waals surface area contributed by atoms with Gasteiger partial charge < -0.3 is 14.4 Å². The normalized spacial score (nSPS) is 28.4. The van der Waals surface area contributed by atoms with E-state index in [2.05, 4.69) is 13.8 Å². The van der Waals surface area contributed by atoms with Crippen molar-refractivity contribution in [2.45, 2.75) is 64.6 Å². The highest BCUT2D eigenvalue weighted by molar-refractivity contribution is 8.01. The van der Waals surface area contributed by atoms with Gasteiger partial charge in [0.1, 0.15) is 6.04 Å². The zero-order valence-electron chi connectivity index (χ0n) is 15.4. The number of esters is 2. The van der Waals surface area contributed by atoms with Crippen LogP contribution >= 0.6 is 24.0 Å². The fraction of sp³-hybridized carbons (Fsp3) is 0.824. The van der Waals surface area contributed by atoms with Crippen LogP contribution in [0, 0.1) is 17.3 Å². The van der Waals surface area contributed by atoms with Gasteiger partial charge in [0.15, 0.2) is 0 Å². The first-order valence-electron chi connectivity index (χ1n) is 8.22. The Labute approximate surface area is 153 Å². The molecular formula is C17H27NO4S2. The van der Waals surface area contributed by atoms with Gasteiger partial charge in [-0.3, -0.25) is 4.79 Å². The number of fused-ring (bicyclic) bond motifs is 1. The number of hydrogen-bond acceptors (Lipinski definition) is 6. The summed E-state index contributed by atoms with van der Waals surface area (Å²) < 4.78 is 9.96. The van der Waals surface area contributed by atoms with Crippen molar-refractivity contribution in [2.75, 3.05) is 6.79 Å². The average molecular weight is 374 g/mol. The van der Waals surface area contributed by atoms with E-state index in [1.807, 2.05) is 18.7 Å². The third-order valence-electron chi connectivity index (χ3n) is 4.43. The Hall–Kier alpha value is -0.820. The minimum absolute atomic E-state index is 0.224. The van der Waals surface area contributed by atoms with E-state index < -0.39 is 17.4 Å².